The minimum Gasteiger partial charge on any atom is -0.506 e. The number of amides is 1. The van der Waals surface area contributed by atoms with Crippen LogP contribution in [0.2, 0.25) is 0 Å². The highest BCUT2D eigenvalue weighted by molar-refractivity contribution is 7.87. The van der Waals surface area contributed by atoms with Gasteiger partial charge >= 0.3 is 10.2 Å². The Morgan fingerprint density at radius 2 is 1.84 bits per heavy atom. The van der Waals surface area contributed by atoms with Gasteiger partial charge in [-0.1, -0.05) is 0 Å². The SMILES string of the molecule is O=C1CC(S(=O)(=O)F)CN1c1cc(F)c(F)cc1O. The second-order valence-electron chi connectivity index (χ2n) is 4.06. The van der Waals surface area contributed by atoms with Crippen molar-refractivity contribution >= 4 is 21.8 Å². The fraction of sp³-hybridized carbons (Fsp3) is 0.300. The highest BCUT2D eigenvalue weighted by Gasteiger charge is 2.40. The molecular weight excluding hydrogens is 287 g/mol. The lowest BCUT2D eigenvalue weighted by Gasteiger charge is -2.17. The van der Waals surface area contributed by atoms with Gasteiger partial charge in [-0.2, -0.15) is 8.42 Å². The highest BCUT2D eigenvalue weighted by atomic mass is 32.3. The first-order valence-corrected chi connectivity index (χ1v) is 6.56. The second kappa shape index (κ2) is 4.41. The summed E-state index contributed by atoms with van der Waals surface area (Å²) in [7, 11) is -4.92. The van der Waals surface area contributed by atoms with Gasteiger partial charge in [0.2, 0.25) is 5.91 Å². The number of carbonyl (C=O) groups excluding carboxylic acids is 1. The lowest BCUT2D eigenvalue weighted by Crippen LogP contribution is -2.27. The van der Waals surface area contributed by atoms with Crippen molar-refractivity contribution in [3.05, 3.63) is 23.8 Å². The fourth-order valence-corrected chi connectivity index (χ4v) is 2.51. The summed E-state index contributed by atoms with van der Waals surface area (Å²) in [5.41, 5.74) is -0.393. The van der Waals surface area contributed by atoms with Crippen molar-refractivity contribution in [2.75, 3.05) is 11.4 Å². The molecule has 0 saturated carbocycles. The Morgan fingerprint density at radius 1 is 1.26 bits per heavy atom. The monoisotopic (exact) mass is 295 g/mol. The Morgan fingerprint density at radius 3 is 2.37 bits per heavy atom. The molecule has 1 unspecified atom stereocenters. The van der Waals surface area contributed by atoms with Gasteiger partial charge in [0.25, 0.3) is 0 Å². The van der Waals surface area contributed by atoms with Crippen molar-refractivity contribution in [2.24, 2.45) is 0 Å². The first-order chi connectivity index (χ1) is 8.70. The van der Waals surface area contributed by atoms with Crippen molar-refractivity contribution in [1.82, 2.24) is 0 Å². The first-order valence-electron chi connectivity index (χ1n) is 5.12. The Labute approximate surface area is 106 Å². The van der Waals surface area contributed by atoms with Crippen LogP contribution in [0.5, 0.6) is 5.75 Å². The number of anilines is 1. The Bertz CT molecular complexity index is 646. The summed E-state index contributed by atoms with van der Waals surface area (Å²) in [4.78, 5) is 12.3. The molecule has 1 amide bonds. The zero-order chi connectivity index (χ0) is 14.4. The minimum atomic E-state index is -4.92. The van der Waals surface area contributed by atoms with Crippen molar-refractivity contribution < 1.29 is 31.0 Å². The Kier molecular flexibility index (Phi) is 3.17. The van der Waals surface area contributed by atoms with Gasteiger partial charge in [0.05, 0.1) is 5.69 Å². The number of carbonyl (C=O) groups is 1. The molecule has 1 atom stereocenters. The van der Waals surface area contributed by atoms with Crippen LogP contribution in [-0.2, 0) is 15.0 Å². The summed E-state index contributed by atoms with van der Waals surface area (Å²) in [6, 6.07) is 1.00. The van der Waals surface area contributed by atoms with Crippen molar-refractivity contribution in [1.29, 1.82) is 0 Å². The maximum Gasteiger partial charge on any atom is 0.307 e. The van der Waals surface area contributed by atoms with Crippen LogP contribution in [-0.4, -0.2) is 31.2 Å². The number of rotatable bonds is 2. The van der Waals surface area contributed by atoms with Crippen LogP contribution in [0.3, 0.4) is 0 Å². The summed E-state index contributed by atoms with van der Waals surface area (Å²) in [5.74, 6) is -4.16. The maximum atomic E-state index is 13.1. The van der Waals surface area contributed by atoms with E-state index in [2.05, 4.69) is 0 Å². The predicted molar refractivity (Wildman–Crippen MR) is 58.8 cm³/mol. The van der Waals surface area contributed by atoms with Crippen molar-refractivity contribution in [3.63, 3.8) is 0 Å². The summed E-state index contributed by atoms with van der Waals surface area (Å²) in [6.45, 7) is -0.559. The molecule has 1 heterocycles. The summed E-state index contributed by atoms with van der Waals surface area (Å²) >= 11 is 0. The van der Waals surface area contributed by atoms with E-state index in [0.29, 0.717) is 17.0 Å². The minimum absolute atomic E-state index is 0.393. The Hall–Kier alpha value is -1.77. The number of phenolic OH excluding ortho intramolecular Hbond substituents is 1. The second-order valence-corrected chi connectivity index (χ2v) is 5.68. The van der Waals surface area contributed by atoms with Crippen LogP contribution in [0.25, 0.3) is 0 Å². The quantitative estimate of drug-likeness (QED) is 0.828. The van der Waals surface area contributed by atoms with Gasteiger partial charge in [0.15, 0.2) is 11.6 Å². The maximum absolute atomic E-state index is 13.1. The van der Waals surface area contributed by atoms with E-state index in [9.17, 15) is 31.0 Å². The van der Waals surface area contributed by atoms with E-state index >= 15 is 0 Å². The summed E-state index contributed by atoms with van der Waals surface area (Å²) in [6.07, 6.45) is -0.614. The molecule has 1 aliphatic heterocycles. The van der Waals surface area contributed by atoms with E-state index in [4.69, 9.17) is 0 Å². The largest absolute Gasteiger partial charge is 0.506 e. The Balaban J connectivity index is 2.39. The number of aromatic hydroxyl groups is 1. The van der Waals surface area contributed by atoms with Gasteiger partial charge in [-0.15, -0.1) is 3.89 Å². The molecule has 1 N–H and O–H groups in total. The topological polar surface area (TPSA) is 74.7 Å². The van der Waals surface area contributed by atoms with Gasteiger partial charge < -0.3 is 10.0 Å². The van der Waals surface area contributed by atoms with Gasteiger partial charge in [0, 0.05) is 25.1 Å². The molecule has 0 aromatic heterocycles. The van der Waals surface area contributed by atoms with Crippen molar-refractivity contribution in [3.8, 4) is 5.75 Å². The van der Waals surface area contributed by atoms with E-state index in [1.807, 2.05) is 0 Å². The number of halogens is 3. The van der Waals surface area contributed by atoms with Crippen LogP contribution in [0.4, 0.5) is 18.4 Å². The third-order valence-corrected chi connectivity index (χ3v) is 3.91. The molecule has 0 spiro atoms. The van der Waals surface area contributed by atoms with Gasteiger partial charge in [-0.3, -0.25) is 4.79 Å². The molecular formula is C10H8F3NO4S. The standard InChI is InChI=1S/C10H8F3NO4S/c11-6-2-8(9(15)3-7(6)12)14-4-5(1-10(14)16)19(13,17)18/h2-3,5,15H,1,4H2. The molecule has 9 heteroatoms. The van der Waals surface area contributed by atoms with Crippen LogP contribution < -0.4 is 4.90 Å². The normalized spacial score (nSPS) is 20.1. The average molecular weight is 295 g/mol. The highest BCUT2D eigenvalue weighted by Crippen LogP contribution is 2.34. The molecule has 0 aliphatic carbocycles. The predicted octanol–water partition coefficient (Wildman–Crippen LogP) is 1.07. The molecule has 1 aliphatic rings. The van der Waals surface area contributed by atoms with E-state index in [1.165, 1.54) is 0 Å². The van der Waals surface area contributed by atoms with Crippen LogP contribution in [0.1, 0.15) is 6.42 Å². The molecule has 1 aromatic carbocycles. The summed E-state index contributed by atoms with van der Waals surface area (Å²) < 4.78 is 60.1. The fourth-order valence-electron chi connectivity index (χ4n) is 1.84. The van der Waals surface area contributed by atoms with Crippen LogP contribution in [0, 0.1) is 11.6 Å². The van der Waals surface area contributed by atoms with Gasteiger partial charge in [0.1, 0.15) is 11.0 Å². The zero-order valence-corrected chi connectivity index (χ0v) is 10.1. The molecule has 104 valence electrons. The van der Waals surface area contributed by atoms with Gasteiger partial charge in [-0.25, -0.2) is 8.78 Å². The molecule has 0 radical (unpaired) electrons. The first kappa shape index (κ1) is 13.7. The number of benzene rings is 1. The molecule has 1 fully saturated rings. The lowest BCUT2D eigenvalue weighted by molar-refractivity contribution is -0.117. The molecule has 1 saturated heterocycles. The molecule has 19 heavy (non-hydrogen) atoms. The van der Waals surface area contributed by atoms with E-state index in [0.717, 1.165) is 0 Å². The zero-order valence-electron chi connectivity index (χ0n) is 9.31. The number of phenols is 1. The average Bonchev–Trinajstić information content (AvgIpc) is 2.65. The third-order valence-electron chi connectivity index (χ3n) is 2.80. The number of hydrogen-bond acceptors (Lipinski definition) is 4. The number of nitrogens with zero attached hydrogens (tertiary/aromatic N) is 1. The molecule has 0 bridgehead atoms. The number of hydrogen-bond donors (Lipinski definition) is 1. The van der Waals surface area contributed by atoms with E-state index in [-0.39, 0.29) is 0 Å². The lowest BCUT2D eigenvalue weighted by atomic mass is 10.2. The van der Waals surface area contributed by atoms with Crippen LogP contribution in [0.15, 0.2) is 12.1 Å². The third kappa shape index (κ3) is 2.50. The summed E-state index contributed by atoms with van der Waals surface area (Å²) in [5, 5.41) is 7.86. The van der Waals surface area contributed by atoms with Crippen molar-refractivity contribution in [2.45, 2.75) is 11.7 Å². The van der Waals surface area contributed by atoms with Crippen LogP contribution >= 0.6 is 0 Å². The molecule has 1 aromatic rings. The molecule has 2 rings (SSSR count). The van der Waals surface area contributed by atoms with Gasteiger partial charge in [-0.05, 0) is 0 Å². The molecule has 5 nitrogen and oxygen atoms in total. The smallest absolute Gasteiger partial charge is 0.307 e. The van der Waals surface area contributed by atoms with E-state index in [1.54, 1.807) is 0 Å². The van der Waals surface area contributed by atoms with E-state index < -0.39 is 57.4 Å².